The van der Waals surface area contributed by atoms with Crippen molar-refractivity contribution in [2.75, 3.05) is 26.7 Å². The van der Waals surface area contributed by atoms with Crippen molar-refractivity contribution >= 4 is 11.9 Å². The number of imide groups is 1. The summed E-state index contributed by atoms with van der Waals surface area (Å²) in [6, 6.07) is -0.0735. The van der Waals surface area contributed by atoms with Crippen LogP contribution in [0.3, 0.4) is 0 Å². The van der Waals surface area contributed by atoms with E-state index in [4.69, 9.17) is 21.1 Å². The van der Waals surface area contributed by atoms with Crippen LogP contribution in [0.25, 0.3) is 0 Å². The Kier molecular flexibility index (Phi) is 5.59. The van der Waals surface area contributed by atoms with E-state index in [0.29, 0.717) is 37.0 Å². The maximum Gasteiger partial charge on any atom is 0.522 e. The van der Waals surface area contributed by atoms with E-state index in [9.17, 15) is 9.59 Å². The number of carbonyl (C=O) groups excluding carboxylic acids is 2. The smallest absolute Gasteiger partial charge is 0.302 e. The lowest BCUT2D eigenvalue weighted by atomic mass is 10.1. The molecule has 1 rings (SSSR count). The lowest BCUT2D eigenvalue weighted by Crippen LogP contribution is -2.64. The molecule has 5 heteroatoms. The number of rotatable bonds is 5. The molecule has 0 bridgehead atoms. The summed E-state index contributed by atoms with van der Waals surface area (Å²) in [6.07, 6.45) is 0.951. The molecule has 1 heterocycles. The van der Waals surface area contributed by atoms with Crippen LogP contribution < -0.4 is 0 Å². The van der Waals surface area contributed by atoms with Crippen LogP contribution in [0.15, 0.2) is 0 Å². The van der Waals surface area contributed by atoms with Crippen LogP contribution in [0.2, 0.25) is 0 Å². The summed E-state index contributed by atoms with van der Waals surface area (Å²) in [4.78, 5) is 24.6. The predicted octanol–water partition coefficient (Wildman–Crippen LogP) is 2.33. The molecule has 0 spiro atoms. The highest BCUT2D eigenvalue weighted by Gasteiger charge is 2.55. The Bertz CT molecular complexity index is 435. The van der Waals surface area contributed by atoms with E-state index >= 15 is 0 Å². The third kappa shape index (κ3) is 3.42. The van der Waals surface area contributed by atoms with Gasteiger partial charge in [-0.15, -0.1) is 4.48 Å². The lowest BCUT2D eigenvalue weighted by molar-refractivity contribution is -0.955. The highest BCUT2D eigenvalue weighted by molar-refractivity contribution is 5.82. The Morgan fingerprint density at radius 1 is 1.18 bits per heavy atom. The summed E-state index contributed by atoms with van der Waals surface area (Å²) in [5, 5.41) is 0. The van der Waals surface area contributed by atoms with Crippen LogP contribution in [0.1, 0.15) is 40.5 Å². The van der Waals surface area contributed by atoms with Gasteiger partial charge in [0, 0.05) is 6.42 Å². The van der Waals surface area contributed by atoms with Crippen molar-refractivity contribution < 1.29 is 23.0 Å². The molecule has 0 aromatic rings. The first-order valence-corrected chi connectivity index (χ1v) is 7.93. The second-order valence-electron chi connectivity index (χ2n) is 7.27. The summed E-state index contributed by atoms with van der Waals surface area (Å²) < 4.78 is -0.809. The Morgan fingerprint density at radius 3 is 2.05 bits per heavy atom. The zero-order valence-electron chi connectivity index (χ0n) is 14.6. The summed E-state index contributed by atoms with van der Waals surface area (Å²) in [5.41, 5.74) is 0. The van der Waals surface area contributed by atoms with Gasteiger partial charge < -0.3 is 4.48 Å². The molecule has 1 saturated heterocycles. The van der Waals surface area contributed by atoms with Crippen molar-refractivity contribution in [1.82, 2.24) is 0 Å². The quantitative estimate of drug-likeness (QED) is 0.731. The van der Waals surface area contributed by atoms with Crippen LogP contribution in [0.5, 0.6) is 0 Å². The van der Waals surface area contributed by atoms with Gasteiger partial charge in [-0.3, -0.25) is 0 Å². The summed E-state index contributed by atoms with van der Waals surface area (Å²) in [5.74, 6) is -0.263. The van der Waals surface area contributed by atoms with Gasteiger partial charge in [0.25, 0.3) is 0 Å². The maximum absolute atomic E-state index is 12.7. The molecule has 3 amide bonds. The van der Waals surface area contributed by atoms with Crippen LogP contribution in [-0.2, 0) is 4.79 Å². The van der Waals surface area contributed by atoms with Gasteiger partial charge in [0.1, 0.15) is 13.1 Å². The van der Waals surface area contributed by atoms with E-state index in [0.717, 1.165) is 0 Å². The third-order valence-electron chi connectivity index (χ3n) is 5.00. The second-order valence-corrected chi connectivity index (χ2v) is 7.27. The molecular formula is C17H30N3O2+3. The first kappa shape index (κ1) is 19.3. The molecular weight excluding hydrogens is 278 g/mol. The van der Waals surface area contributed by atoms with Gasteiger partial charge in [-0.2, -0.15) is 9.28 Å². The molecule has 5 nitrogen and oxygen atoms in total. The zero-order valence-corrected chi connectivity index (χ0v) is 14.6. The van der Waals surface area contributed by atoms with Crippen molar-refractivity contribution in [3.05, 3.63) is 21.1 Å². The van der Waals surface area contributed by atoms with Crippen molar-refractivity contribution in [2.45, 2.75) is 52.6 Å². The van der Waals surface area contributed by atoms with Gasteiger partial charge in [-0.25, -0.2) is 4.79 Å². The first-order chi connectivity index (χ1) is 9.88. The van der Waals surface area contributed by atoms with Gasteiger partial charge in [0.15, 0.2) is 0 Å². The molecule has 2 unspecified atom stereocenters. The minimum Gasteiger partial charge on any atom is -0.302 e. The predicted molar refractivity (Wildman–Crippen MR) is 84.1 cm³/mol. The summed E-state index contributed by atoms with van der Waals surface area (Å²) in [7, 11) is 20.2. The molecule has 0 aliphatic carbocycles. The Hall–Kier alpha value is -0.780. The normalized spacial score (nSPS) is 23.6. The lowest BCUT2D eigenvalue weighted by Gasteiger charge is -2.42. The molecule has 0 N–H and O–H groups in total. The number of hydrogen-bond donors (Lipinski definition) is 0. The van der Waals surface area contributed by atoms with Crippen molar-refractivity contribution in [2.24, 2.45) is 0 Å². The largest absolute Gasteiger partial charge is 0.522 e. The molecule has 1 aliphatic heterocycles. The van der Waals surface area contributed by atoms with Gasteiger partial charge >= 0.3 is 11.9 Å². The number of hydrogen-bond acceptors (Lipinski definition) is 2. The Balaban J connectivity index is 2.87. The minimum absolute atomic E-state index is 0.199. The van der Waals surface area contributed by atoms with E-state index in [2.05, 4.69) is 0 Å². The van der Waals surface area contributed by atoms with Crippen molar-refractivity contribution in [3.63, 3.8) is 0 Å². The number of nitrogens with zero attached hydrogens (tertiary/aromatic N) is 3. The number of likely N-dealkylation sites (tertiary alicyclic amines) is 1. The van der Waals surface area contributed by atoms with Gasteiger partial charge in [-0.05, 0) is 27.7 Å². The minimum atomic E-state index is -0.694. The second kappa shape index (κ2) is 6.38. The topological polar surface area (TPSA) is 34.1 Å². The molecule has 1 aliphatic rings. The van der Waals surface area contributed by atoms with Crippen LogP contribution >= 0.6 is 0 Å². The SMILES string of the molecule is [CH][N+](C)(CC[N+]([CH])(C(C)C)C(C)C)C(=O)[N+]1([CH])CCCC1=O. The van der Waals surface area contributed by atoms with Gasteiger partial charge in [-0.1, -0.05) is 0 Å². The van der Waals surface area contributed by atoms with Crippen molar-refractivity contribution in [1.29, 1.82) is 0 Å². The van der Waals surface area contributed by atoms with Crippen LogP contribution in [0, 0.1) is 21.1 Å². The highest BCUT2D eigenvalue weighted by atomic mass is 16.2. The third-order valence-corrected chi connectivity index (χ3v) is 5.00. The van der Waals surface area contributed by atoms with E-state index < -0.39 is 15.0 Å². The Morgan fingerprint density at radius 2 is 1.68 bits per heavy atom. The number of amides is 3. The van der Waals surface area contributed by atoms with E-state index in [1.165, 1.54) is 0 Å². The maximum atomic E-state index is 12.7. The van der Waals surface area contributed by atoms with Crippen molar-refractivity contribution in [3.8, 4) is 0 Å². The fourth-order valence-corrected chi connectivity index (χ4v) is 3.00. The molecule has 2 atom stereocenters. The molecule has 6 radical (unpaired) electrons. The number of carbonyl (C=O) groups is 2. The van der Waals surface area contributed by atoms with Gasteiger partial charge in [0.05, 0.1) is 32.1 Å². The van der Waals surface area contributed by atoms with Gasteiger partial charge in [0.2, 0.25) is 21.1 Å². The van der Waals surface area contributed by atoms with E-state index in [1.54, 1.807) is 7.05 Å². The molecule has 22 heavy (non-hydrogen) atoms. The van der Waals surface area contributed by atoms with Crippen LogP contribution in [0.4, 0.5) is 4.79 Å². The van der Waals surface area contributed by atoms with Crippen LogP contribution in [-0.4, -0.2) is 64.2 Å². The molecule has 0 saturated carbocycles. The summed E-state index contributed by atoms with van der Waals surface area (Å²) in [6.45, 7) is 9.36. The van der Waals surface area contributed by atoms with E-state index in [-0.39, 0.29) is 18.0 Å². The first-order valence-electron chi connectivity index (χ1n) is 7.93. The average Bonchev–Trinajstić information content (AvgIpc) is 2.75. The zero-order chi connectivity index (χ0) is 17.3. The molecule has 0 aromatic carbocycles. The number of quaternary nitrogens is 3. The average molecular weight is 308 g/mol. The molecule has 122 valence electrons. The fraction of sp³-hybridized carbons (Fsp3) is 0.706. The van der Waals surface area contributed by atoms with E-state index in [1.807, 2.05) is 27.7 Å². The number of likely N-dealkylation sites (N-methyl/N-ethyl adjacent to an activating group) is 1. The fourth-order valence-electron chi connectivity index (χ4n) is 3.00. The number of urea groups is 1. The summed E-state index contributed by atoms with van der Waals surface area (Å²) >= 11 is 0. The highest BCUT2D eigenvalue weighted by Crippen LogP contribution is 2.26. The molecule has 0 aromatic heterocycles. The Labute approximate surface area is 136 Å². The monoisotopic (exact) mass is 308 g/mol. The standard InChI is InChI=1S/C17H30N3O2/c1-14(2)19(7,15(3)4)13-12-18(5,6)17(22)20(8)11-9-10-16(20)21/h5,7-8,14-15H,9-13H2,1-4,6H3/q+3. The molecule has 1 fully saturated rings.